The van der Waals surface area contributed by atoms with Crippen molar-refractivity contribution >= 4 is 5.97 Å². The predicted molar refractivity (Wildman–Crippen MR) is 67.2 cm³/mol. The fourth-order valence-corrected chi connectivity index (χ4v) is 1.69. The van der Waals surface area contributed by atoms with E-state index in [0.717, 1.165) is 5.56 Å². The molecule has 2 N–H and O–H groups in total. The van der Waals surface area contributed by atoms with E-state index in [0.29, 0.717) is 17.2 Å². The molecule has 2 rings (SSSR count). The van der Waals surface area contributed by atoms with E-state index in [4.69, 9.17) is 24.7 Å². The van der Waals surface area contributed by atoms with Gasteiger partial charge in [0.1, 0.15) is 5.75 Å². The van der Waals surface area contributed by atoms with Crippen LogP contribution < -0.4 is 19.9 Å². The molecule has 0 unspecified atom stereocenters. The van der Waals surface area contributed by atoms with Gasteiger partial charge >= 0.3 is 5.97 Å². The first-order valence-corrected chi connectivity index (χ1v) is 6.05. The Hall–Kier alpha value is -1.95. The molecule has 0 bridgehead atoms. The van der Waals surface area contributed by atoms with Crippen molar-refractivity contribution in [2.45, 2.75) is 26.5 Å². The van der Waals surface area contributed by atoms with Crippen molar-refractivity contribution in [3.05, 3.63) is 17.7 Å². The monoisotopic (exact) mass is 267 g/mol. The lowest BCUT2D eigenvalue weighted by Crippen LogP contribution is -2.19. The highest BCUT2D eigenvalue weighted by molar-refractivity contribution is 5.71. The van der Waals surface area contributed by atoms with E-state index in [2.05, 4.69) is 0 Å². The summed E-state index contributed by atoms with van der Waals surface area (Å²) >= 11 is 0. The van der Waals surface area contributed by atoms with E-state index < -0.39 is 5.97 Å². The van der Waals surface area contributed by atoms with Gasteiger partial charge in [0.25, 0.3) is 0 Å². The van der Waals surface area contributed by atoms with Crippen LogP contribution in [0.5, 0.6) is 17.2 Å². The van der Waals surface area contributed by atoms with Gasteiger partial charge in [0.15, 0.2) is 18.1 Å². The SMILES string of the molecule is CC(C)OC(=O)COc1cc2c(cc1CN)OCO2. The summed E-state index contributed by atoms with van der Waals surface area (Å²) in [4.78, 5) is 11.4. The maximum Gasteiger partial charge on any atom is 0.344 e. The molecule has 19 heavy (non-hydrogen) atoms. The Morgan fingerprint density at radius 3 is 2.68 bits per heavy atom. The lowest BCUT2D eigenvalue weighted by Gasteiger charge is -2.12. The van der Waals surface area contributed by atoms with Crippen molar-refractivity contribution in [1.82, 2.24) is 0 Å². The van der Waals surface area contributed by atoms with Gasteiger partial charge in [0.2, 0.25) is 6.79 Å². The van der Waals surface area contributed by atoms with Crippen LogP contribution in [0, 0.1) is 0 Å². The number of ether oxygens (including phenoxy) is 4. The first-order valence-electron chi connectivity index (χ1n) is 6.05. The smallest absolute Gasteiger partial charge is 0.344 e. The molecule has 0 fully saturated rings. The van der Waals surface area contributed by atoms with Crippen molar-refractivity contribution in [2.24, 2.45) is 5.73 Å². The largest absolute Gasteiger partial charge is 0.481 e. The van der Waals surface area contributed by atoms with Crippen LogP contribution >= 0.6 is 0 Å². The molecule has 0 spiro atoms. The summed E-state index contributed by atoms with van der Waals surface area (Å²) in [5, 5.41) is 0. The number of nitrogens with two attached hydrogens (primary N) is 1. The third kappa shape index (κ3) is 3.29. The average molecular weight is 267 g/mol. The van der Waals surface area contributed by atoms with Crippen LogP contribution in [0.4, 0.5) is 0 Å². The summed E-state index contributed by atoms with van der Waals surface area (Å²) in [6, 6.07) is 3.43. The predicted octanol–water partition coefficient (Wildman–Crippen LogP) is 1.20. The van der Waals surface area contributed by atoms with E-state index >= 15 is 0 Å². The lowest BCUT2D eigenvalue weighted by atomic mass is 10.2. The summed E-state index contributed by atoms with van der Waals surface area (Å²) in [7, 11) is 0. The summed E-state index contributed by atoms with van der Waals surface area (Å²) < 4.78 is 20.9. The molecule has 0 amide bonds. The van der Waals surface area contributed by atoms with Crippen LogP contribution in [-0.2, 0) is 16.1 Å². The zero-order chi connectivity index (χ0) is 13.8. The van der Waals surface area contributed by atoms with Crippen molar-refractivity contribution in [3.63, 3.8) is 0 Å². The number of esters is 1. The second kappa shape index (κ2) is 5.79. The van der Waals surface area contributed by atoms with E-state index in [1.807, 2.05) is 0 Å². The fraction of sp³-hybridized carbons (Fsp3) is 0.462. The van der Waals surface area contributed by atoms with Crippen LogP contribution in [0.3, 0.4) is 0 Å². The summed E-state index contributed by atoms with van der Waals surface area (Å²) in [5.74, 6) is 1.31. The molecule has 1 heterocycles. The lowest BCUT2D eigenvalue weighted by molar-refractivity contribution is -0.149. The van der Waals surface area contributed by atoms with E-state index in [1.165, 1.54) is 0 Å². The number of carbonyl (C=O) groups excluding carboxylic acids is 1. The Labute approximate surface area is 111 Å². The van der Waals surface area contributed by atoms with Gasteiger partial charge < -0.3 is 24.7 Å². The number of hydrogen-bond acceptors (Lipinski definition) is 6. The van der Waals surface area contributed by atoms with Gasteiger partial charge in [0, 0.05) is 18.2 Å². The van der Waals surface area contributed by atoms with E-state index in [1.54, 1.807) is 26.0 Å². The minimum atomic E-state index is -0.421. The molecule has 1 aliphatic rings. The molecule has 6 nitrogen and oxygen atoms in total. The van der Waals surface area contributed by atoms with Crippen LogP contribution in [0.2, 0.25) is 0 Å². The Morgan fingerprint density at radius 1 is 1.37 bits per heavy atom. The van der Waals surface area contributed by atoms with Gasteiger partial charge in [-0.05, 0) is 19.9 Å². The van der Waals surface area contributed by atoms with Crippen LogP contribution in [0.15, 0.2) is 12.1 Å². The van der Waals surface area contributed by atoms with Gasteiger partial charge in [-0.25, -0.2) is 4.79 Å². The first kappa shape index (κ1) is 13.5. The highest BCUT2D eigenvalue weighted by Gasteiger charge is 2.18. The van der Waals surface area contributed by atoms with Gasteiger partial charge in [-0.15, -0.1) is 0 Å². The molecule has 1 aromatic carbocycles. The molecule has 0 radical (unpaired) electrons. The van der Waals surface area contributed by atoms with Crippen LogP contribution in [0.1, 0.15) is 19.4 Å². The molecular weight excluding hydrogens is 250 g/mol. The van der Waals surface area contributed by atoms with E-state index in [9.17, 15) is 4.79 Å². The van der Waals surface area contributed by atoms with Crippen molar-refractivity contribution in [2.75, 3.05) is 13.4 Å². The number of fused-ring (bicyclic) bond motifs is 1. The molecule has 1 aromatic rings. The average Bonchev–Trinajstić information content (AvgIpc) is 2.81. The first-order chi connectivity index (χ1) is 9.10. The van der Waals surface area contributed by atoms with Crippen molar-refractivity contribution < 1.29 is 23.7 Å². The topological polar surface area (TPSA) is 80.0 Å². The third-order valence-electron chi connectivity index (χ3n) is 2.49. The summed E-state index contributed by atoms with van der Waals surface area (Å²) in [6.07, 6.45) is -0.165. The quantitative estimate of drug-likeness (QED) is 0.807. The highest BCUT2D eigenvalue weighted by Crippen LogP contribution is 2.37. The summed E-state index contributed by atoms with van der Waals surface area (Å²) in [5.41, 5.74) is 6.39. The van der Waals surface area contributed by atoms with Crippen molar-refractivity contribution in [1.29, 1.82) is 0 Å². The second-order valence-corrected chi connectivity index (χ2v) is 4.34. The number of rotatable bonds is 5. The van der Waals surface area contributed by atoms with Gasteiger partial charge in [0.05, 0.1) is 6.10 Å². The zero-order valence-electron chi connectivity index (χ0n) is 11.0. The Balaban J connectivity index is 2.05. The zero-order valence-corrected chi connectivity index (χ0v) is 11.0. The molecule has 6 heteroatoms. The Morgan fingerprint density at radius 2 is 2.05 bits per heavy atom. The van der Waals surface area contributed by atoms with E-state index in [-0.39, 0.29) is 26.0 Å². The highest BCUT2D eigenvalue weighted by atomic mass is 16.7. The number of benzene rings is 1. The Kier molecular flexibility index (Phi) is 4.11. The third-order valence-corrected chi connectivity index (χ3v) is 2.49. The fourth-order valence-electron chi connectivity index (χ4n) is 1.69. The minimum absolute atomic E-state index is 0.162. The van der Waals surface area contributed by atoms with Crippen molar-refractivity contribution in [3.8, 4) is 17.2 Å². The molecule has 0 aromatic heterocycles. The second-order valence-electron chi connectivity index (χ2n) is 4.34. The molecule has 0 saturated heterocycles. The van der Waals surface area contributed by atoms with Gasteiger partial charge in [-0.1, -0.05) is 0 Å². The standard InChI is InChI=1S/C13H17NO5/c1-8(2)19-13(15)6-16-10-4-12-11(17-7-18-12)3-9(10)5-14/h3-4,8H,5-7,14H2,1-2H3. The summed E-state index contributed by atoms with van der Waals surface area (Å²) in [6.45, 7) is 3.86. The molecular formula is C13H17NO5. The van der Waals surface area contributed by atoms with Gasteiger partial charge in [-0.3, -0.25) is 0 Å². The maximum absolute atomic E-state index is 11.4. The normalized spacial score (nSPS) is 12.6. The number of hydrogen-bond donors (Lipinski definition) is 1. The molecule has 104 valence electrons. The van der Waals surface area contributed by atoms with Crippen LogP contribution in [0.25, 0.3) is 0 Å². The molecule has 1 aliphatic heterocycles. The Bertz CT molecular complexity index is 472. The van der Waals surface area contributed by atoms with Gasteiger partial charge in [-0.2, -0.15) is 0 Å². The van der Waals surface area contributed by atoms with Crippen LogP contribution in [-0.4, -0.2) is 25.5 Å². The maximum atomic E-state index is 11.4. The molecule has 0 atom stereocenters. The molecule has 0 aliphatic carbocycles. The molecule has 0 saturated carbocycles. The minimum Gasteiger partial charge on any atom is -0.481 e. The number of carbonyl (C=O) groups is 1.